The fourth-order valence-corrected chi connectivity index (χ4v) is 2.00. The third kappa shape index (κ3) is 1.34. The summed E-state index contributed by atoms with van der Waals surface area (Å²) in [6, 6.07) is 3.66. The number of hydrogen-bond acceptors (Lipinski definition) is 3. The van der Waals surface area contributed by atoms with Crippen LogP contribution >= 0.6 is 0 Å². The number of nitrogens with two attached hydrogens (primary N) is 1. The molecule has 1 aromatic carbocycles. The van der Waals surface area contributed by atoms with Gasteiger partial charge in [-0.25, -0.2) is 0 Å². The molecule has 0 heterocycles. The van der Waals surface area contributed by atoms with Crippen molar-refractivity contribution >= 4 is 0 Å². The molecule has 3 nitrogen and oxygen atoms in total. The molecule has 0 aromatic heterocycles. The van der Waals surface area contributed by atoms with Gasteiger partial charge < -0.3 is 15.6 Å². The molecule has 0 amide bonds. The van der Waals surface area contributed by atoms with Crippen LogP contribution in [-0.4, -0.2) is 11.7 Å². The van der Waals surface area contributed by atoms with Crippen molar-refractivity contribution in [2.24, 2.45) is 5.73 Å². The normalized spacial score (nSPS) is 19.4. The molecule has 0 radical (unpaired) electrons. The van der Waals surface area contributed by atoms with Crippen LogP contribution in [0.4, 0.5) is 0 Å². The molecule has 0 aliphatic heterocycles. The first-order chi connectivity index (χ1) is 6.74. The molecule has 1 aliphatic rings. The maximum absolute atomic E-state index is 9.63. The first kappa shape index (κ1) is 9.34. The lowest BCUT2D eigenvalue weighted by Crippen LogP contribution is -2.05. The number of hydrogen-bond donors (Lipinski definition) is 2. The van der Waals surface area contributed by atoms with E-state index in [0.29, 0.717) is 12.4 Å². The highest BCUT2D eigenvalue weighted by molar-refractivity contribution is 5.53. The Hall–Kier alpha value is -1.22. The topological polar surface area (TPSA) is 55.5 Å². The van der Waals surface area contributed by atoms with Gasteiger partial charge in [0.05, 0.1) is 6.61 Å². The Morgan fingerprint density at radius 3 is 3.07 bits per heavy atom. The number of fused-ring (bicyclic) bond motifs is 1. The Bertz CT molecular complexity index is 349. The molecule has 0 fully saturated rings. The van der Waals surface area contributed by atoms with Gasteiger partial charge >= 0.3 is 0 Å². The summed E-state index contributed by atoms with van der Waals surface area (Å²) >= 11 is 0. The molecule has 3 N–H and O–H groups in total. The molecule has 14 heavy (non-hydrogen) atoms. The Morgan fingerprint density at radius 1 is 1.57 bits per heavy atom. The van der Waals surface area contributed by atoms with E-state index >= 15 is 0 Å². The van der Waals surface area contributed by atoms with Crippen molar-refractivity contribution in [2.75, 3.05) is 6.61 Å². The number of rotatable bonds is 2. The highest BCUT2D eigenvalue weighted by Crippen LogP contribution is 2.40. The predicted octanol–water partition coefficient (Wildman–Crippen LogP) is 1.74. The van der Waals surface area contributed by atoms with Gasteiger partial charge in [-0.15, -0.1) is 0 Å². The zero-order chi connectivity index (χ0) is 10.1. The summed E-state index contributed by atoms with van der Waals surface area (Å²) in [5, 5.41) is 9.63. The van der Waals surface area contributed by atoms with Gasteiger partial charge in [-0.1, -0.05) is 6.07 Å². The summed E-state index contributed by atoms with van der Waals surface area (Å²) < 4.78 is 5.42. The molecule has 76 valence electrons. The van der Waals surface area contributed by atoms with E-state index in [9.17, 15) is 5.11 Å². The van der Waals surface area contributed by atoms with Crippen molar-refractivity contribution in [1.29, 1.82) is 0 Å². The number of benzene rings is 1. The molecule has 3 heteroatoms. The molecule has 0 bridgehead atoms. The average molecular weight is 193 g/mol. The number of phenolic OH excluding ortho intramolecular Hbond substituents is 1. The summed E-state index contributed by atoms with van der Waals surface area (Å²) in [4.78, 5) is 0. The molecular weight excluding hydrogens is 178 g/mol. The van der Waals surface area contributed by atoms with Crippen molar-refractivity contribution in [3.63, 3.8) is 0 Å². The highest BCUT2D eigenvalue weighted by Gasteiger charge is 2.24. The van der Waals surface area contributed by atoms with Crippen LogP contribution in [0.1, 0.15) is 30.5 Å². The highest BCUT2D eigenvalue weighted by atomic mass is 16.5. The fraction of sp³-hybridized carbons (Fsp3) is 0.455. The lowest BCUT2D eigenvalue weighted by atomic mass is 10.1. The second kappa shape index (κ2) is 3.50. The summed E-state index contributed by atoms with van der Waals surface area (Å²) in [7, 11) is 0. The average Bonchev–Trinajstić information content (AvgIpc) is 2.53. The fourth-order valence-electron chi connectivity index (χ4n) is 2.00. The van der Waals surface area contributed by atoms with Crippen LogP contribution in [-0.2, 0) is 6.42 Å². The Morgan fingerprint density at radius 2 is 2.36 bits per heavy atom. The Kier molecular flexibility index (Phi) is 2.33. The van der Waals surface area contributed by atoms with E-state index < -0.39 is 0 Å². The van der Waals surface area contributed by atoms with Crippen molar-refractivity contribution < 1.29 is 9.84 Å². The lowest BCUT2D eigenvalue weighted by molar-refractivity contribution is 0.315. The summed E-state index contributed by atoms with van der Waals surface area (Å²) in [5.74, 6) is 0.845. The van der Waals surface area contributed by atoms with E-state index in [1.165, 1.54) is 0 Å². The molecule has 1 aromatic rings. The number of phenols is 1. The first-order valence-electron chi connectivity index (χ1n) is 4.97. The SMILES string of the molecule is CCOc1c(O)ccc2c1CCC2N. The van der Waals surface area contributed by atoms with Crippen LogP contribution in [0.15, 0.2) is 12.1 Å². The molecule has 1 aliphatic carbocycles. The minimum Gasteiger partial charge on any atom is -0.504 e. The number of aromatic hydroxyl groups is 1. The van der Waals surface area contributed by atoms with Gasteiger partial charge in [0.15, 0.2) is 11.5 Å². The smallest absolute Gasteiger partial charge is 0.164 e. The van der Waals surface area contributed by atoms with Gasteiger partial charge in [0.2, 0.25) is 0 Å². The Balaban J connectivity index is 2.48. The molecule has 1 atom stereocenters. The molecule has 1 unspecified atom stereocenters. The van der Waals surface area contributed by atoms with Crippen LogP contribution in [0.5, 0.6) is 11.5 Å². The standard InChI is InChI=1S/C11H15NO2/c1-2-14-11-8-3-5-9(12)7(8)4-6-10(11)13/h4,6,9,13H,2-3,5,12H2,1H3. The zero-order valence-electron chi connectivity index (χ0n) is 8.29. The minimum atomic E-state index is 0.102. The van der Waals surface area contributed by atoms with E-state index in [4.69, 9.17) is 10.5 Å². The van der Waals surface area contributed by atoms with E-state index in [1.807, 2.05) is 13.0 Å². The van der Waals surface area contributed by atoms with E-state index in [-0.39, 0.29) is 11.8 Å². The van der Waals surface area contributed by atoms with Gasteiger partial charge in [-0.3, -0.25) is 0 Å². The summed E-state index contributed by atoms with van der Waals surface area (Å²) in [5.41, 5.74) is 8.12. The Labute approximate surface area is 83.5 Å². The van der Waals surface area contributed by atoms with Crippen LogP contribution in [0.25, 0.3) is 0 Å². The molecule has 0 saturated carbocycles. The molecule has 0 spiro atoms. The largest absolute Gasteiger partial charge is 0.504 e. The van der Waals surface area contributed by atoms with Crippen molar-refractivity contribution in [2.45, 2.75) is 25.8 Å². The number of ether oxygens (including phenoxy) is 1. The van der Waals surface area contributed by atoms with Crippen LogP contribution in [0.2, 0.25) is 0 Å². The third-order valence-electron chi connectivity index (χ3n) is 2.67. The van der Waals surface area contributed by atoms with Crippen LogP contribution in [0, 0.1) is 0 Å². The van der Waals surface area contributed by atoms with Crippen molar-refractivity contribution in [3.8, 4) is 11.5 Å². The van der Waals surface area contributed by atoms with Gasteiger partial charge in [0, 0.05) is 11.6 Å². The van der Waals surface area contributed by atoms with E-state index in [1.54, 1.807) is 6.07 Å². The zero-order valence-corrected chi connectivity index (χ0v) is 8.29. The molecule has 0 saturated heterocycles. The second-order valence-corrected chi connectivity index (χ2v) is 3.56. The van der Waals surface area contributed by atoms with Crippen LogP contribution < -0.4 is 10.5 Å². The third-order valence-corrected chi connectivity index (χ3v) is 2.67. The van der Waals surface area contributed by atoms with Gasteiger partial charge in [-0.05, 0) is 31.4 Å². The first-order valence-corrected chi connectivity index (χ1v) is 4.97. The predicted molar refractivity (Wildman–Crippen MR) is 54.5 cm³/mol. The van der Waals surface area contributed by atoms with Gasteiger partial charge in [0.25, 0.3) is 0 Å². The molecule has 2 rings (SSSR count). The quantitative estimate of drug-likeness (QED) is 0.752. The van der Waals surface area contributed by atoms with Gasteiger partial charge in [0.1, 0.15) is 0 Å². The van der Waals surface area contributed by atoms with Crippen molar-refractivity contribution in [1.82, 2.24) is 0 Å². The maximum atomic E-state index is 9.63. The van der Waals surface area contributed by atoms with Crippen LogP contribution in [0.3, 0.4) is 0 Å². The monoisotopic (exact) mass is 193 g/mol. The maximum Gasteiger partial charge on any atom is 0.164 e. The van der Waals surface area contributed by atoms with Gasteiger partial charge in [-0.2, -0.15) is 0 Å². The second-order valence-electron chi connectivity index (χ2n) is 3.56. The lowest BCUT2D eigenvalue weighted by Gasteiger charge is -2.11. The summed E-state index contributed by atoms with van der Waals surface area (Å²) in [6.07, 6.45) is 1.85. The summed E-state index contributed by atoms with van der Waals surface area (Å²) in [6.45, 7) is 2.48. The van der Waals surface area contributed by atoms with E-state index in [2.05, 4.69) is 0 Å². The minimum absolute atomic E-state index is 0.102. The van der Waals surface area contributed by atoms with E-state index in [0.717, 1.165) is 24.0 Å². The van der Waals surface area contributed by atoms with Crippen molar-refractivity contribution in [3.05, 3.63) is 23.3 Å². The molecular formula is C11H15NO2.